The highest BCUT2D eigenvalue weighted by atomic mass is 16.6. The summed E-state index contributed by atoms with van der Waals surface area (Å²) < 4.78 is 10.6. The van der Waals surface area contributed by atoms with E-state index in [1.165, 1.54) is 0 Å². The molecule has 2 N–H and O–H groups in total. The molecule has 0 aliphatic rings. The molecule has 1 aromatic heterocycles. The molecule has 0 saturated carbocycles. The number of anilines is 2. The van der Waals surface area contributed by atoms with Gasteiger partial charge in [0.05, 0.1) is 0 Å². The van der Waals surface area contributed by atoms with Gasteiger partial charge in [-0.3, -0.25) is 10.1 Å². The second-order valence-corrected chi connectivity index (χ2v) is 9.99. The number of aromatic nitrogens is 2. The molecule has 0 fully saturated rings. The highest BCUT2D eigenvalue weighted by Crippen LogP contribution is 2.23. The normalized spacial score (nSPS) is 11.7. The monoisotopic (exact) mass is 450 g/mol. The van der Waals surface area contributed by atoms with Gasteiger partial charge in [-0.2, -0.15) is 4.98 Å². The second kappa shape index (κ2) is 9.44. The zero-order valence-corrected chi connectivity index (χ0v) is 19.9. The molecule has 0 unspecified atom stereocenters. The van der Waals surface area contributed by atoms with Gasteiger partial charge in [0.15, 0.2) is 0 Å². The van der Waals surface area contributed by atoms with Crippen LogP contribution < -0.4 is 10.6 Å². The van der Waals surface area contributed by atoms with Gasteiger partial charge in [0.2, 0.25) is 11.7 Å². The van der Waals surface area contributed by atoms with Gasteiger partial charge in [0.1, 0.15) is 5.60 Å². The van der Waals surface area contributed by atoms with Crippen molar-refractivity contribution in [2.24, 2.45) is 5.41 Å². The number of carbonyl (C=O) groups excluding carboxylic acids is 2. The minimum Gasteiger partial charge on any atom is -0.444 e. The fraction of sp³-hybridized carbons (Fsp3) is 0.360. The first-order valence-electron chi connectivity index (χ1n) is 10.7. The van der Waals surface area contributed by atoms with Crippen LogP contribution in [0.4, 0.5) is 16.2 Å². The molecule has 0 radical (unpaired) electrons. The Labute approximate surface area is 193 Å². The maximum Gasteiger partial charge on any atom is 0.412 e. The number of hydrogen-bond donors (Lipinski definition) is 2. The molecule has 0 saturated heterocycles. The van der Waals surface area contributed by atoms with E-state index in [0.29, 0.717) is 40.6 Å². The van der Waals surface area contributed by atoms with Crippen molar-refractivity contribution in [3.8, 4) is 11.4 Å². The summed E-state index contributed by atoms with van der Waals surface area (Å²) in [7, 11) is 0. The SMILES string of the molecule is CC(C)(C)Cc1nc(-c2cccc(C(=O)Nc3ccc(NC(=O)OC(C)(C)C)cc3)c2)no1. The predicted octanol–water partition coefficient (Wildman–Crippen LogP) is 5.92. The molecule has 8 nitrogen and oxygen atoms in total. The Balaban J connectivity index is 1.65. The minimum absolute atomic E-state index is 0.0313. The van der Waals surface area contributed by atoms with Gasteiger partial charge in [-0.15, -0.1) is 0 Å². The molecule has 1 heterocycles. The summed E-state index contributed by atoms with van der Waals surface area (Å²) in [5, 5.41) is 9.55. The summed E-state index contributed by atoms with van der Waals surface area (Å²) in [6.45, 7) is 11.7. The van der Waals surface area contributed by atoms with Crippen molar-refractivity contribution >= 4 is 23.4 Å². The lowest BCUT2D eigenvalue weighted by Crippen LogP contribution is -2.27. The van der Waals surface area contributed by atoms with E-state index in [9.17, 15) is 9.59 Å². The van der Waals surface area contributed by atoms with Crippen LogP contribution in [0.25, 0.3) is 11.4 Å². The molecule has 33 heavy (non-hydrogen) atoms. The van der Waals surface area contributed by atoms with Crippen LogP contribution in [-0.2, 0) is 11.2 Å². The Hall–Kier alpha value is -3.68. The molecular weight excluding hydrogens is 420 g/mol. The van der Waals surface area contributed by atoms with Crippen molar-refractivity contribution < 1.29 is 18.8 Å². The van der Waals surface area contributed by atoms with E-state index in [0.717, 1.165) is 0 Å². The van der Waals surface area contributed by atoms with Crippen LogP contribution in [-0.4, -0.2) is 27.7 Å². The van der Waals surface area contributed by atoms with Crippen LogP contribution in [0, 0.1) is 5.41 Å². The van der Waals surface area contributed by atoms with Crippen molar-refractivity contribution in [3.05, 3.63) is 60.0 Å². The van der Waals surface area contributed by atoms with Crippen molar-refractivity contribution in [2.75, 3.05) is 10.6 Å². The molecule has 3 aromatic rings. The molecule has 0 aliphatic heterocycles. The third-order valence-electron chi connectivity index (χ3n) is 4.32. The third-order valence-corrected chi connectivity index (χ3v) is 4.32. The summed E-state index contributed by atoms with van der Waals surface area (Å²) in [6, 6.07) is 13.8. The Kier molecular flexibility index (Phi) is 6.86. The van der Waals surface area contributed by atoms with E-state index >= 15 is 0 Å². The summed E-state index contributed by atoms with van der Waals surface area (Å²) in [5.41, 5.74) is 1.76. The number of carbonyl (C=O) groups is 2. The molecule has 0 bridgehead atoms. The quantitative estimate of drug-likeness (QED) is 0.499. The summed E-state index contributed by atoms with van der Waals surface area (Å²) in [4.78, 5) is 29.1. The molecule has 0 atom stereocenters. The van der Waals surface area contributed by atoms with E-state index in [1.807, 2.05) is 6.07 Å². The fourth-order valence-corrected chi connectivity index (χ4v) is 2.96. The number of nitrogens with one attached hydrogen (secondary N) is 2. The molecule has 8 heteroatoms. The number of benzene rings is 2. The smallest absolute Gasteiger partial charge is 0.412 e. The largest absolute Gasteiger partial charge is 0.444 e. The van der Waals surface area contributed by atoms with Crippen molar-refractivity contribution in [3.63, 3.8) is 0 Å². The number of amides is 2. The zero-order valence-electron chi connectivity index (χ0n) is 19.9. The van der Waals surface area contributed by atoms with Crippen LogP contribution in [0.1, 0.15) is 57.8 Å². The van der Waals surface area contributed by atoms with Crippen LogP contribution in [0.5, 0.6) is 0 Å². The number of hydrogen-bond acceptors (Lipinski definition) is 6. The van der Waals surface area contributed by atoms with Crippen molar-refractivity contribution in [2.45, 2.75) is 53.6 Å². The maximum atomic E-state index is 12.7. The molecule has 174 valence electrons. The van der Waals surface area contributed by atoms with Crippen LogP contribution in [0.2, 0.25) is 0 Å². The lowest BCUT2D eigenvalue weighted by Gasteiger charge is -2.19. The Morgan fingerprint density at radius 1 is 0.939 bits per heavy atom. The first-order valence-corrected chi connectivity index (χ1v) is 10.7. The van der Waals surface area contributed by atoms with Crippen LogP contribution >= 0.6 is 0 Å². The number of nitrogens with zero attached hydrogens (tertiary/aromatic N) is 2. The van der Waals surface area contributed by atoms with E-state index in [4.69, 9.17) is 9.26 Å². The minimum atomic E-state index is -0.581. The van der Waals surface area contributed by atoms with Crippen LogP contribution in [0.3, 0.4) is 0 Å². The third kappa shape index (κ3) is 7.45. The summed E-state index contributed by atoms with van der Waals surface area (Å²) in [6.07, 6.45) is 0.127. The standard InChI is InChI=1S/C25H30N4O4/c1-24(2,3)15-20-28-21(29-33-20)16-8-7-9-17(14-16)22(30)26-18-10-12-19(13-11-18)27-23(31)32-25(4,5)6/h7-14H,15H2,1-6H3,(H,26,30)(H,27,31). The average molecular weight is 451 g/mol. The maximum absolute atomic E-state index is 12.7. The van der Waals surface area contributed by atoms with Gasteiger partial charge >= 0.3 is 6.09 Å². The van der Waals surface area contributed by atoms with Crippen molar-refractivity contribution in [1.82, 2.24) is 10.1 Å². The number of ether oxygens (including phenoxy) is 1. The topological polar surface area (TPSA) is 106 Å². The average Bonchev–Trinajstić information content (AvgIpc) is 3.15. The predicted molar refractivity (Wildman–Crippen MR) is 127 cm³/mol. The van der Waals surface area contributed by atoms with Gasteiger partial charge in [-0.25, -0.2) is 4.79 Å². The molecule has 0 spiro atoms. The van der Waals surface area contributed by atoms with Gasteiger partial charge in [-0.05, 0) is 62.6 Å². The Bertz CT molecular complexity index is 1120. The molecule has 0 aliphatic carbocycles. The first kappa shape index (κ1) is 24.0. The van der Waals surface area contributed by atoms with Crippen molar-refractivity contribution in [1.29, 1.82) is 0 Å². The fourth-order valence-electron chi connectivity index (χ4n) is 2.96. The molecular formula is C25H30N4O4. The van der Waals surface area contributed by atoms with Gasteiger partial charge in [0, 0.05) is 28.9 Å². The van der Waals surface area contributed by atoms with E-state index in [-0.39, 0.29) is 11.3 Å². The highest BCUT2D eigenvalue weighted by molar-refractivity contribution is 6.05. The Morgan fingerprint density at radius 3 is 2.18 bits per heavy atom. The van der Waals surface area contributed by atoms with Gasteiger partial charge < -0.3 is 14.6 Å². The second-order valence-electron chi connectivity index (χ2n) is 9.99. The van der Waals surface area contributed by atoms with Gasteiger partial charge in [0.25, 0.3) is 5.91 Å². The lowest BCUT2D eigenvalue weighted by molar-refractivity contribution is 0.0635. The Morgan fingerprint density at radius 2 is 1.58 bits per heavy atom. The molecule has 2 aromatic carbocycles. The van der Waals surface area contributed by atoms with E-state index in [2.05, 4.69) is 41.5 Å². The summed E-state index contributed by atoms with van der Waals surface area (Å²) >= 11 is 0. The molecule has 2 amide bonds. The zero-order chi connectivity index (χ0) is 24.2. The summed E-state index contributed by atoms with van der Waals surface area (Å²) in [5.74, 6) is 0.733. The lowest BCUT2D eigenvalue weighted by atomic mass is 9.92. The first-order chi connectivity index (χ1) is 15.4. The van der Waals surface area contributed by atoms with Crippen LogP contribution in [0.15, 0.2) is 53.1 Å². The highest BCUT2D eigenvalue weighted by Gasteiger charge is 2.18. The molecule has 3 rings (SSSR count). The van der Waals surface area contributed by atoms with Gasteiger partial charge in [-0.1, -0.05) is 38.1 Å². The number of rotatable bonds is 5. The van der Waals surface area contributed by atoms with E-state index in [1.54, 1.807) is 63.2 Å². The van der Waals surface area contributed by atoms with E-state index < -0.39 is 11.7 Å².